The van der Waals surface area contributed by atoms with Crippen LogP contribution in [0.5, 0.6) is 17.2 Å². The van der Waals surface area contributed by atoms with Crippen molar-refractivity contribution in [2.45, 2.75) is 43.4 Å². The highest BCUT2D eigenvalue weighted by molar-refractivity contribution is 6.15. The molecule has 1 fully saturated rings. The Bertz CT molecular complexity index is 1680. The molecule has 13 heteroatoms. The number of anilines is 1. The molecule has 1 spiro atoms. The van der Waals surface area contributed by atoms with E-state index in [-0.39, 0.29) is 47.8 Å². The first-order valence-corrected chi connectivity index (χ1v) is 14.2. The summed E-state index contributed by atoms with van der Waals surface area (Å²) < 4.78 is 5.74. The number of aliphatic hydroxyl groups is 3. The number of hydrogen-bond acceptors (Lipinski definition) is 12. The van der Waals surface area contributed by atoms with Gasteiger partial charge >= 0.3 is 0 Å². The van der Waals surface area contributed by atoms with E-state index < -0.39 is 58.0 Å². The van der Waals surface area contributed by atoms with Gasteiger partial charge in [-0.05, 0) is 62.2 Å². The summed E-state index contributed by atoms with van der Waals surface area (Å²) in [5.74, 6) is -7.12. The maximum atomic E-state index is 14.2. The van der Waals surface area contributed by atoms with Gasteiger partial charge in [-0.25, -0.2) is 0 Å². The van der Waals surface area contributed by atoms with Gasteiger partial charge in [-0.2, -0.15) is 0 Å². The van der Waals surface area contributed by atoms with Gasteiger partial charge in [0.05, 0.1) is 11.6 Å². The number of amides is 1. The minimum Gasteiger partial charge on any atom is -0.510 e. The Labute approximate surface area is 253 Å². The highest BCUT2D eigenvalue weighted by atomic mass is 16.8. The molecule has 6 rings (SSSR count). The molecule has 2 aromatic rings. The number of nitrogens with two attached hydrogens (primary N) is 1. The van der Waals surface area contributed by atoms with Gasteiger partial charge in [0.1, 0.15) is 22.8 Å². The summed E-state index contributed by atoms with van der Waals surface area (Å²) in [5, 5.41) is 68.3. The van der Waals surface area contributed by atoms with Crippen molar-refractivity contribution in [2.75, 3.05) is 33.1 Å². The van der Waals surface area contributed by atoms with E-state index in [4.69, 9.17) is 10.5 Å². The Morgan fingerprint density at radius 2 is 1.77 bits per heavy atom. The number of aromatic hydroxyl groups is 3. The minimum absolute atomic E-state index is 0.0166. The zero-order chi connectivity index (χ0) is 32.0. The van der Waals surface area contributed by atoms with Crippen molar-refractivity contribution in [3.05, 3.63) is 69.2 Å². The predicted octanol–water partition coefficient (Wildman–Crippen LogP) is 1.04. The Morgan fingerprint density at radius 1 is 1.07 bits per heavy atom. The van der Waals surface area contributed by atoms with Crippen molar-refractivity contribution < 1.29 is 45.0 Å². The van der Waals surface area contributed by atoms with Crippen molar-refractivity contribution in [3.63, 3.8) is 0 Å². The van der Waals surface area contributed by atoms with Crippen LogP contribution in [-0.4, -0.2) is 92.9 Å². The van der Waals surface area contributed by atoms with Crippen LogP contribution < -0.4 is 16.0 Å². The Kier molecular flexibility index (Phi) is 6.67. The average Bonchev–Trinajstić information content (AvgIpc) is 3.56. The van der Waals surface area contributed by atoms with Gasteiger partial charge in [0.15, 0.2) is 22.9 Å². The lowest BCUT2D eigenvalue weighted by Gasteiger charge is -2.46. The van der Waals surface area contributed by atoms with Crippen molar-refractivity contribution >= 4 is 17.4 Å². The molecule has 1 saturated heterocycles. The van der Waals surface area contributed by atoms with Crippen LogP contribution >= 0.6 is 0 Å². The number of rotatable bonds is 7. The third-order valence-electron chi connectivity index (χ3n) is 9.46. The third kappa shape index (κ3) is 3.93. The molecule has 4 aliphatic rings. The number of likely N-dealkylation sites (N-methyl/N-ethyl adjacent to an activating group) is 1. The number of carbonyl (C=O) groups excluding carboxylic acids is 2. The number of phenols is 3. The summed E-state index contributed by atoms with van der Waals surface area (Å²) in [5.41, 5.74) is 5.53. The molecule has 3 aliphatic carbocycles. The van der Waals surface area contributed by atoms with E-state index in [1.807, 2.05) is 19.0 Å². The van der Waals surface area contributed by atoms with Gasteiger partial charge in [-0.1, -0.05) is 6.07 Å². The molecule has 2 aromatic carbocycles. The maximum Gasteiger partial charge on any atom is 0.253 e. The number of ether oxygens (including phenoxy) is 1. The number of carbonyl (C=O) groups is 2. The van der Waals surface area contributed by atoms with Crippen LogP contribution in [0.1, 0.15) is 33.5 Å². The molecule has 9 N–H and O–H groups in total. The standard InChI is InChI=1S/C31H36N4O9/c1-34(2)18-10-15(12-33-11-13-5-6-19(36)20(37)7-13)25(38)22-16(18)8-14-9-17-24(35(3)4)27(40)23(29(32)42)31(43)30(17,44-31)28(41)21(14)26(22)39/h5-7,10,14,17,24,33,36-38,40-41,43H,8-9,11-12H2,1-4H3,(H2,32,42)/t14-,17-,24-,30-,31?/m0/s1. The van der Waals surface area contributed by atoms with E-state index >= 15 is 0 Å². The number of phenolic OH excluding ortho intramolecular Hbond substituents is 3. The molecule has 13 nitrogen and oxygen atoms in total. The molecule has 44 heavy (non-hydrogen) atoms. The molecule has 0 bridgehead atoms. The molecular weight excluding hydrogens is 572 g/mol. The smallest absolute Gasteiger partial charge is 0.253 e. The zero-order valence-corrected chi connectivity index (χ0v) is 24.7. The van der Waals surface area contributed by atoms with Crippen molar-refractivity contribution in [1.82, 2.24) is 10.2 Å². The van der Waals surface area contributed by atoms with E-state index in [9.17, 15) is 40.2 Å². The number of fused-ring (bicyclic) bond motifs is 2. The minimum atomic E-state index is -2.41. The number of aliphatic hydroxyl groups excluding tert-OH is 2. The van der Waals surface area contributed by atoms with E-state index in [0.717, 1.165) is 0 Å². The quantitative estimate of drug-likeness (QED) is 0.164. The van der Waals surface area contributed by atoms with Gasteiger partial charge in [0.25, 0.3) is 5.91 Å². The number of primary amides is 1. The second kappa shape index (κ2) is 9.86. The van der Waals surface area contributed by atoms with Gasteiger partial charge in [-0.15, -0.1) is 0 Å². The van der Waals surface area contributed by atoms with E-state index in [0.29, 0.717) is 28.9 Å². The third-order valence-corrected chi connectivity index (χ3v) is 9.46. The van der Waals surface area contributed by atoms with E-state index in [1.165, 1.54) is 12.1 Å². The van der Waals surface area contributed by atoms with E-state index in [1.54, 1.807) is 31.1 Å². The second-order valence-electron chi connectivity index (χ2n) is 12.4. The molecule has 234 valence electrons. The topological polar surface area (TPSA) is 213 Å². The summed E-state index contributed by atoms with van der Waals surface area (Å²) in [4.78, 5) is 30.1. The monoisotopic (exact) mass is 608 g/mol. The zero-order valence-electron chi connectivity index (χ0n) is 24.7. The lowest BCUT2D eigenvalue weighted by atomic mass is 9.60. The molecule has 1 aliphatic heterocycles. The lowest BCUT2D eigenvalue weighted by Crippen LogP contribution is -2.57. The maximum absolute atomic E-state index is 14.2. The molecule has 5 atom stereocenters. The van der Waals surface area contributed by atoms with Crippen LogP contribution in [0.15, 0.2) is 46.9 Å². The van der Waals surface area contributed by atoms with Crippen LogP contribution in [0.25, 0.3) is 0 Å². The summed E-state index contributed by atoms with van der Waals surface area (Å²) in [6.45, 7) is 0.438. The lowest BCUT2D eigenvalue weighted by molar-refractivity contribution is -0.117. The number of nitrogens with one attached hydrogen (secondary N) is 1. The van der Waals surface area contributed by atoms with Crippen molar-refractivity contribution in [3.8, 4) is 17.2 Å². The molecule has 0 aromatic heterocycles. The number of allylic oxidation sites excluding steroid dienone is 1. The molecule has 0 radical (unpaired) electrons. The van der Waals surface area contributed by atoms with Crippen molar-refractivity contribution in [1.29, 1.82) is 0 Å². The largest absolute Gasteiger partial charge is 0.510 e. The Hall–Kier alpha value is -4.30. The number of ketones is 1. The molecule has 1 heterocycles. The Balaban J connectivity index is 1.41. The first-order valence-electron chi connectivity index (χ1n) is 14.2. The van der Waals surface area contributed by atoms with Gasteiger partial charge in [0, 0.05) is 49.9 Å². The molecule has 1 unspecified atom stereocenters. The summed E-state index contributed by atoms with van der Waals surface area (Å²) in [7, 11) is 7.00. The highest BCUT2D eigenvalue weighted by Crippen LogP contribution is 2.68. The first kappa shape index (κ1) is 29.8. The number of epoxide rings is 1. The number of hydrogen-bond donors (Lipinski definition) is 8. The summed E-state index contributed by atoms with van der Waals surface area (Å²) >= 11 is 0. The van der Waals surface area contributed by atoms with E-state index in [2.05, 4.69) is 5.32 Å². The fourth-order valence-electron chi connectivity index (χ4n) is 7.52. The SMILES string of the molecule is CN(C)c1cc(CNCc2ccc(O)c(O)c2)c(O)c2c1C[C@H]1C[C@H]3[C@H](N(C)C)C(O)=C(C(N)=O)C4(O)O[C@]34C(O)=C1C2=O. The van der Waals surface area contributed by atoms with Crippen LogP contribution in [-0.2, 0) is 29.0 Å². The van der Waals surface area contributed by atoms with Gasteiger partial charge < -0.3 is 51.3 Å². The van der Waals surface area contributed by atoms with Crippen LogP contribution in [0.3, 0.4) is 0 Å². The molecular formula is C31H36N4O9. The van der Waals surface area contributed by atoms with Gasteiger partial charge in [0.2, 0.25) is 5.79 Å². The summed E-state index contributed by atoms with van der Waals surface area (Å²) in [6.07, 6.45) is 0.503. The number of nitrogens with zero attached hydrogens (tertiary/aromatic N) is 2. The van der Waals surface area contributed by atoms with Crippen LogP contribution in [0, 0.1) is 11.8 Å². The normalized spacial score (nSPS) is 28.8. The van der Waals surface area contributed by atoms with Crippen LogP contribution in [0.2, 0.25) is 0 Å². The fourth-order valence-corrected chi connectivity index (χ4v) is 7.52. The molecule has 0 saturated carbocycles. The van der Waals surface area contributed by atoms with Crippen LogP contribution in [0.4, 0.5) is 5.69 Å². The Morgan fingerprint density at radius 3 is 2.39 bits per heavy atom. The average molecular weight is 609 g/mol. The van der Waals surface area contributed by atoms with Gasteiger partial charge in [-0.3, -0.25) is 14.5 Å². The predicted molar refractivity (Wildman–Crippen MR) is 157 cm³/mol. The fraction of sp³-hybridized carbons (Fsp3) is 0.419. The number of benzene rings is 2. The number of Topliss-reactive ketones (excluding diaryl/α,β-unsaturated/α-hetero) is 1. The van der Waals surface area contributed by atoms with Crippen molar-refractivity contribution in [2.24, 2.45) is 17.6 Å². The first-order chi connectivity index (χ1) is 20.7. The highest BCUT2D eigenvalue weighted by Gasteiger charge is 2.84. The molecule has 1 amide bonds. The second-order valence-corrected chi connectivity index (χ2v) is 12.4. The summed E-state index contributed by atoms with van der Waals surface area (Å²) in [6, 6.07) is 5.38.